The number of amides is 1. The Bertz CT molecular complexity index is 1540. The van der Waals surface area contributed by atoms with Crippen LogP contribution in [-0.2, 0) is 21.0 Å². The molecule has 3 heterocycles. The van der Waals surface area contributed by atoms with Gasteiger partial charge in [-0.25, -0.2) is 9.78 Å². The van der Waals surface area contributed by atoms with Gasteiger partial charge in [-0.2, -0.15) is 9.78 Å². The van der Waals surface area contributed by atoms with E-state index < -0.39 is 19.8 Å². The second-order valence-electron chi connectivity index (χ2n) is 12.5. The van der Waals surface area contributed by atoms with Crippen molar-refractivity contribution in [2.24, 2.45) is 5.92 Å². The molecule has 9 nitrogen and oxygen atoms in total. The number of anilines is 1. The van der Waals surface area contributed by atoms with E-state index in [1.807, 2.05) is 61.9 Å². The van der Waals surface area contributed by atoms with Gasteiger partial charge in [0, 0.05) is 43.1 Å². The zero-order valence-corrected chi connectivity index (χ0v) is 24.6. The average molecular weight is 548 g/mol. The van der Waals surface area contributed by atoms with E-state index in [0.717, 1.165) is 46.4 Å². The van der Waals surface area contributed by atoms with E-state index in [0.29, 0.717) is 24.7 Å². The Morgan fingerprint density at radius 3 is 2.59 bits per heavy atom. The van der Waals surface area contributed by atoms with Crippen LogP contribution in [0.25, 0.3) is 33.1 Å². The molecule has 39 heavy (non-hydrogen) atoms. The van der Waals surface area contributed by atoms with Crippen molar-refractivity contribution in [1.29, 1.82) is 0 Å². The van der Waals surface area contributed by atoms with Gasteiger partial charge in [0.05, 0.1) is 11.7 Å². The zero-order chi connectivity index (χ0) is 27.9. The normalized spacial score (nSPS) is 14.2. The summed E-state index contributed by atoms with van der Waals surface area (Å²) < 4.78 is 14.9. The van der Waals surface area contributed by atoms with Crippen molar-refractivity contribution in [3.63, 3.8) is 0 Å². The summed E-state index contributed by atoms with van der Waals surface area (Å²) in [6.07, 6.45) is 5.07. The van der Waals surface area contributed by atoms with Gasteiger partial charge in [0.15, 0.2) is 0 Å². The number of carbonyl (C=O) groups excluding carboxylic acids is 2. The highest BCUT2D eigenvalue weighted by Gasteiger charge is 2.30. The van der Waals surface area contributed by atoms with Gasteiger partial charge >= 0.3 is 6.09 Å². The molecule has 1 amide bonds. The van der Waals surface area contributed by atoms with Crippen molar-refractivity contribution in [2.45, 2.75) is 71.6 Å². The van der Waals surface area contributed by atoms with Crippen molar-refractivity contribution in [2.75, 3.05) is 11.9 Å². The fraction of sp³-hybridized carbons (Fsp3) is 0.448. The first kappa shape index (κ1) is 27.1. The zero-order valence-electron chi connectivity index (χ0n) is 23.6. The van der Waals surface area contributed by atoms with E-state index in [1.165, 1.54) is 4.68 Å². The summed E-state index contributed by atoms with van der Waals surface area (Å²) in [6, 6.07) is 10.8. The van der Waals surface area contributed by atoms with Crippen LogP contribution in [0.2, 0.25) is 25.7 Å². The van der Waals surface area contributed by atoms with Gasteiger partial charge < -0.3 is 19.4 Å². The molecule has 206 valence electrons. The number of aromatic nitrogens is 4. The smallest absolute Gasteiger partial charge is 0.435 e. The fourth-order valence-corrected chi connectivity index (χ4v) is 5.09. The molecule has 1 N–H and O–H groups in total. The van der Waals surface area contributed by atoms with Crippen LogP contribution in [0.1, 0.15) is 33.6 Å². The molecule has 0 spiro atoms. The quantitative estimate of drug-likeness (QED) is 0.200. The standard InChI is InChI=1S/C29H37N5O4Si/c1-29(2,3)38-28(36)34-24-11-9-20(15-21(24)16-30-34)23-17-33(18-37-13-14-39(4,5)6)26-22(23)10-12-25(31-26)32-27(35)19-7-8-19/h9-12,15-17,19H,7-8,13-14,18H2,1-6H3,(H,31,32,35). The number of nitrogens with zero attached hydrogens (tertiary/aromatic N) is 4. The molecule has 1 aliphatic carbocycles. The summed E-state index contributed by atoms with van der Waals surface area (Å²) in [5.41, 5.74) is 2.76. The van der Waals surface area contributed by atoms with E-state index in [-0.39, 0.29) is 11.8 Å². The second kappa shape index (κ2) is 10.2. The molecule has 0 unspecified atom stereocenters. The minimum absolute atomic E-state index is 0.0269. The third-order valence-electron chi connectivity index (χ3n) is 6.59. The van der Waals surface area contributed by atoms with E-state index in [4.69, 9.17) is 14.5 Å². The second-order valence-corrected chi connectivity index (χ2v) is 18.1. The van der Waals surface area contributed by atoms with E-state index in [9.17, 15) is 9.59 Å². The molecule has 1 aliphatic rings. The molecule has 1 fully saturated rings. The molecule has 5 rings (SSSR count). The highest BCUT2D eigenvalue weighted by molar-refractivity contribution is 6.76. The maximum Gasteiger partial charge on any atom is 0.435 e. The SMILES string of the molecule is CC(C)(C)OC(=O)n1ncc2cc(-c3cn(COCC[Si](C)(C)C)c4nc(NC(=O)C5CC5)ccc34)ccc21. The van der Waals surface area contributed by atoms with Crippen LogP contribution in [0.3, 0.4) is 0 Å². The van der Waals surface area contributed by atoms with Crippen molar-refractivity contribution < 1.29 is 19.1 Å². The molecule has 0 radical (unpaired) electrons. The monoisotopic (exact) mass is 547 g/mol. The van der Waals surface area contributed by atoms with Gasteiger partial charge in [0.25, 0.3) is 0 Å². The maximum atomic E-state index is 12.6. The molecule has 4 aromatic rings. The predicted molar refractivity (Wildman–Crippen MR) is 156 cm³/mol. The summed E-state index contributed by atoms with van der Waals surface area (Å²) in [4.78, 5) is 29.8. The number of hydrogen-bond donors (Lipinski definition) is 1. The Balaban J connectivity index is 1.47. The van der Waals surface area contributed by atoms with E-state index in [2.05, 4.69) is 30.1 Å². The summed E-state index contributed by atoms with van der Waals surface area (Å²) in [7, 11) is -1.21. The van der Waals surface area contributed by atoms with Crippen molar-refractivity contribution >= 4 is 47.8 Å². The molecule has 0 aliphatic heterocycles. The largest absolute Gasteiger partial charge is 0.442 e. The van der Waals surface area contributed by atoms with Crippen LogP contribution >= 0.6 is 0 Å². The average Bonchev–Trinajstić information content (AvgIpc) is 3.52. The van der Waals surface area contributed by atoms with Gasteiger partial charge in [0.1, 0.15) is 23.8 Å². The molecule has 1 aromatic carbocycles. The Hall–Kier alpha value is -3.50. The van der Waals surface area contributed by atoms with Crippen LogP contribution in [0.5, 0.6) is 0 Å². The van der Waals surface area contributed by atoms with Crippen molar-refractivity contribution in [3.05, 3.63) is 42.7 Å². The first-order chi connectivity index (χ1) is 18.4. The number of ether oxygens (including phenoxy) is 2. The number of pyridine rings is 1. The van der Waals surface area contributed by atoms with Crippen LogP contribution in [0.4, 0.5) is 10.6 Å². The Kier molecular flexibility index (Phi) is 7.11. The van der Waals surface area contributed by atoms with Gasteiger partial charge in [-0.05, 0) is 69.5 Å². The Morgan fingerprint density at radius 2 is 1.90 bits per heavy atom. The number of benzene rings is 1. The van der Waals surface area contributed by atoms with Crippen LogP contribution in [0, 0.1) is 5.92 Å². The summed E-state index contributed by atoms with van der Waals surface area (Å²) in [5.74, 6) is 0.670. The third-order valence-corrected chi connectivity index (χ3v) is 8.30. The van der Waals surface area contributed by atoms with E-state index in [1.54, 1.807) is 6.20 Å². The number of nitrogens with one attached hydrogen (secondary N) is 1. The summed E-state index contributed by atoms with van der Waals surface area (Å²) in [6.45, 7) is 13.5. The minimum atomic E-state index is -1.21. The predicted octanol–water partition coefficient (Wildman–Crippen LogP) is 6.50. The van der Waals surface area contributed by atoms with Gasteiger partial charge in [0.2, 0.25) is 5.91 Å². The molecule has 10 heteroatoms. The molecular weight excluding hydrogens is 510 g/mol. The molecular formula is C29H37N5O4Si. The Morgan fingerprint density at radius 1 is 1.13 bits per heavy atom. The topological polar surface area (TPSA) is 100 Å². The van der Waals surface area contributed by atoms with Gasteiger partial charge in [-0.1, -0.05) is 25.7 Å². The highest BCUT2D eigenvalue weighted by Crippen LogP contribution is 2.34. The van der Waals surface area contributed by atoms with E-state index >= 15 is 0 Å². The molecule has 0 saturated heterocycles. The first-order valence-electron chi connectivity index (χ1n) is 13.5. The van der Waals surface area contributed by atoms with Gasteiger partial charge in [-0.3, -0.25) is 4.79 Å². The summed E-state index contributed by atoms with van der Waals surface area (Å²) >= 11 is 0. The lowest BCUT2D eigenvalue weighted by atomic mass is 10.0. The van der Waals surface area contributed by atoms with Crippen molar-refractivity contribution in [3.8, 4) is 11.1 Å². The third kappa shape index (κ3) is 6.39. The van der Waals surface area contributed by atoms with Crippen LogP contribution in [0.15, 0.2) is 42.7 Å². The lowest BCUT2D eigenvalue weighted by Crippen LogP contribution is -2.27. The minimum Gasteiger partial charge on any atom is -0.442 e. The lowest BCUT2D eigenvalue weighted by Gasteiger charge is -2.19. The maximum absolute atomic E-state index is 12.6. The molecule has 1 saturated carbocycles. The van der Waals surface area contributed by atoms with Crippen molar-refractivity contribution in [1.82, 2.24) is 19.3 Å². The van der Waals surface area contributed by atoms with Crippen LogP contribution < -0.4 is 5.32 Å². The molecule has 3 aromatic heterocycles. The number of fused-ring (bicyclic) bond motifs is 2. The van der Waals surface area contributed by atoms with Crippen LogP contribution in [-0.4, -0.2) is 51.6 Å². The first-order valence-corrected chi connectivity index (χ1v) is 17.2. The van der Waals surface area contributed by atoms with Gasteiger partial charge in [-0.15, -0.1) is 0 Å². The molecule has 0 atom stereocenters. The highest BCUT2D eigenvalue weighted by atomic mass is 28.3. The fourth-order valence-electron chi connectivity index (χ4n) is 4.33. The Labute approximate surface area is 229 Å². The number of hydrogen-bond acceptors (Lipinski definition) is 6. The molecule has 0 bridgehead atoms. The number of carbonyl (C=O) groups is 2. The summed E-state index contributed by atoms with van der Waals surface area (Å²) in [5, 5.41) is 9.01. The lowest BCUT2D eigenvalue weighted by molar-refractivity contribution is -0.117. The number of rotatable bonds is 8.